The van der Waals surface area contributed by atoms with Gasteiger partial charge in [-0.25, -0.2) is 9.97 Å². The second-order valence-corrected chi connectivity index (χ2v) is 5.44. The molecule has 0 atom stereocenters. The fourth-order valence-corrected chi connectivity index (χ4v) is 2.52. The van der Waals surface area contributed by atoms with Crippen LogP contribution in [0, 0.1) is 0 Å². The van der Waals surface area contributed by atoms with Crippen molar-refractivity contribution in [3.63, 3.8) is 0 Å². The summed E-state index contributed by atoms with van der Waals surface area (Å²) in [5, 5.41) is 3.48. The van der Waals surface area contributed by atoms with Crippen molar-refractivity contribution >= 4 is 0 Å². The van der Waals surface area contributed by atoms with Gasteiger partial charge in [0, 0.05) is 17.3 Å². The Kier molecular flexibility index (Phi) is 5.32. The fourth-order valence-electron chi connectivity index (χ4n) is 2.52. The number of nitrogens with one attached hydrogen (secondary N) is 1. The van der Waals surface area contributed by atoms with Gasteiger partial charge < -0.3 is 5.32 Å². The van der Waals surface area contributed by atoms with E-state index in [-0.39, 0.29) is 0 Å². The molecule has 3 heteroatoms. The zero-order valence-electron chi connectivity index (χ0n) is 12.6. The first-order valence-electron chi connectivity index (χ1n) is 7.89. The minimum Gasteiger partial charge on any atom is -0.316 e. The molecule has 0 aliphatic heterocycles. The molecule has 1 aliphatic carbocycles. The van der Waals surface area contributed by atoms with E-state index in [1.807, 2.05) is 0 Å². The molecule has 3 nitrogen and oxygen atoms in total. The first-order chi connectivity index (χ1) is 9.30. The number of rotatable bonds is 8. The van der Waals surface area contributed by atoms with Crippen molar-refractivity contribution in [3.8, 4) is 0 Å². The Hall–Kier alpha value is -0.960. The molecule has 1 fully saturated rings. The van der Waals surface area contributed by atoms with Crippen LogP contribution in [0.4, 0.5) is 0 Å². The average Bonchev–Trinajstić information content (AvgIpc) is 3.27. The normalized spacial score (nSPS) is 14.9. The highest BCUT2D eigenvalue weighted by molar-refractivity contribution is 5.28. The van der Waals surface area contributed by atoms with E-state index < -0.39 is 0 Å². The summed E-state index contributed by atoms with van der Waals surface area (Å²) in [7, 11) is 0. The Labute approximate surface area is 117 Å². The predicted molar refractivity (Wildman–Crippen MR) is 79.6 cm³/mol. The Morgan fingerprint density at radius 2 is 1.63 bits per heavy atom. The van der Waals surface area contributed by atoms with Gasteiger partial charge in [0.1, 0.15) is 5.82 Å². The van der Waals surface area contributed by atoms with Crippen LogP contribution in [-0.4, -0.2) is 23.1 Å². The highest BCUT2D eigenvalue weighted by Crippen LogP contribution is 2.38. The van der Waals surface area contributed by atoms with Crippen LogP contribution in [0.5, 0.6) is 0 Å². The summed E-state index contributed by atoms with van der Waals surface area (Å²) >= 11 is 0. The van der Waals surface area contributed by atoms with E-state index in [0.29, 0.717) is 5.92 Å². The number of aromatic nitrogens is 2. The van der Waals surface area contributed by atoms with Crippen molar-refractivity contribution in [2.24, 2.45) is 0 Å². The third-order valence-corrected chi connectivity index (χ3v) is 3.79. The number of hydrogen-bond acceptors (Lipinski definition) is 3. The lowest BCUT2D eigenvalue weighted by molar-refractivity contribution is 0.660. The molecule has 1 saturated carbocycles. The quantitative estimate of drug-likeness (QED) is 0.731. The van der Waals surface area contributed by atoms with Crippen molar-refractivity contribution in [2.45, 2.75) is 65.2 Å². The molecule has 0 bridgehead atoms. The molecule has 0 unspecified atom stereocenters. The molecule has 19 heavy (non-hydrogen) atoms. The molecule has 0 aromatic carbocycles. The van der Waals surface area contributed by atoms with Gasteiger partial charge in [0.2, 0.25) is 0 Å². The zero-order valence-corrected chi connectivity index (χ0v) is 12.6. The van der Waals surface area contributed by atoms with Gasteiger partial charge in [-0.1, -0.05) is 20.8 Å². The van der Waals surface area contributed by atoms with Crippen LogP contribution < -0.4 is 5.32 Å². The third-order valence-electron chi connectivity index (χ3n) is 3.79. The average molecular weight is 261 g/mol. The van der Waals surface area contributed by atoms with Crippen molar-refractivity contribution in [1.82, 2.24) is 15.3 Å². The summed E-state index contributed by atoms with van der Waals surface area (Å²) in [6.07, 6.45) is 6.87. The highest BCUT2D eigenvalue weighted by Gasteiger charge is 2.28. The van der Waals surface area contributed by atoms with Crippen LogP contribution >= 0.6 is 0 Å². The monoisotopic (exact) mass is 261 g/mol. The maximum absolute atomic E-state index is 4.82. The predicted octanol–water partition coefficient (Wildman–Crippen LogP) is 3.02. The Bertz CT molecular complexity index is 385. The van der Waals surface area contributed by atoms with Crippen LogP contribution in [0.25, 0.3) is 0 Å². The smallest absolute Gasteiger partial charge is 0.131 e. The first-order valence-corrected chi connectivity index (χ1v) is 7.89. The van der Waals surface area contributed by atoms with E-state index in [2.05, 4.69) is 26.1 Å². The summed E-state index contributed by atoms with van der Waals surface area (Å²) in [6.45, 7) is 8.77. The molecule has 0 amide bonds. The maximum Gasteiger partial charge on any atom is 0.131 e. The lowest BCUT2D eigenvalue weighted by Gasteiger charge is -2.14. The highest BCUT2D eigenvalue weighted by atomic mass is 14.9. The SMILES string of the molecule is CCCNCCc1c(CC)nc(C2CC2)nc1CC. The minimum absolute atomic E-state index is 0.655. The molecular weight excluding hydrogens is 234 g/mol. The summed E-state index contributed by atoms with van der Waals surface area (Å²) in [5.74, 6) is 1.77. The fraction of sp³-hybridized carbons (Fsp3) is 0.750. The molecule has 1 aromatic heterocycles. The van der Waals surface area contributed by atoms with Gasteiger partial charge in [0.25, 0.3) is 0 Å². The largest absolute Gasteiger partial charge is 0.316 e. The van der Waals surface area contributed by atoms with Crippen LogP contribution in [0.15, 0.2) is 0 Å². The van der Waals surface area contributed by atoms with Crippen molar-refractivity contribution < 1.29 is 0 Å². The number of aryl methyl sites for hydroxylation is 2. The number of nitrogens with zero attached hydrogens (tertiary/aromatic N) is 2. The van der Waals surface area contributed by atoms with E-state index in [1.54, 1.807) is 0 Å². The van der Waals surface area contributed by atoms with Crippen LogP contribution in [0.3, 0.4) is 0 Å². The summed E-state index contributed by atoms with van der Waals surface area (Å²) < 4.78 is 0. The van der Waals surface area contributed by atoms with Crippen LogP contribution in [-0.2, 0) is 19.3 Å². The molecule has 1 N–H and O–H groups in total. The van der Waals surface area contributed by atoms with Crippen molar-refractivity contribution in [2.75, 3.05) is 13.1 Å². The second-order valence-electron chi connectivity index (χ2n) is 5.44. The standard InChI is InChI=1S/C16H27N3/c1-4-10-17-11-9-13-14(5-2)18-16(12-7-8-12)19-15(13)6-3/h12,17H,4-11H2,1-3H3. The van der Waals surface area contributed by atoms with Gasteiger partial charge in [-0.15, -0.1) is 0 Å². The Morgan fingerprint density at radius 3 is 2.11 bits per heavy atom. The lowest BCUT2D eigenvalue weighted by atomic mass is 10.0. The topological polar surface area (TPSA) is 37.8 Å². The zero-order chi connectivity index (χ0) is 13.7. The van der Waals surface area contributed by atoms with Crippen molar-refractivity contribution in [3.05, 3.63) is 22.8 Å². The van der Waals surface area contributed by atoms with E-state index in [0.717, 1.165) is 38.2 Å². The molecular formula is C16H27N3. The summed E-state index contributed by atoms with van der Waals surface area (Å²) in [6, 6.07) is 0. The first kappa shape index (κ1) is 14.4. The Balaban J connectivity index is 2.14. The summed E-state index contributed by atoms with van der Waals surface area (Å²) in [5.41, 5.74) is 3.97. The van der Waals surface area contributed by atoms with Gasteiger partial charge in [-0.05, 0) is 57.2 Å². The maximum atomic E-state index is 4.82. The lowest BCUT2D eigenvalue weighted by Crippen LogP contribution is -2.20. The molecule has 106 valence electrons. The molecule has 1 aromatic rings. The van der Waals surface area contributed by atoms with E-state index in [9.17, 15) is 0 Å². The van der Waals surface area contributed by atoms with E-state index in [4.69, 9.17) is 9.97 Å². The van der Waals surface area contributed by atoms with Gasteiger partial charge >= 0.3 is 0 Å². The van der Waals surface area contributed by atoms with E-state index in [1.165, 1.54) is 36.2 Å². The molecule has 0 spiro atoms. The van der Waals surface area contributed by atoms with Gasteiger partial charge in [-0.3, -0.25) is 0 Å². The van der Waals surface area contributed by atoms with Gasteiger partial charge in [0.15, 0.2) is 0 Å². The van der Waals surface area contributed by atoms with Crippen LogP contribution in [0.1, 0.15) is 68.7 Å². The minimum atomic E-state index is 0.655. The second kappa shape index (κ2) is 6.99. The van der Waals surface area contributed by atoms with E-state index >= 15 is 0 Å². The molecule has 2 rings (SSSR count). The third kappa shape index (κ3) is 3.75. The molecule has 1 heterocycles. The number of hydrogen-bond donors (Lipinski definition) is 1. The summed E-state index contributed by atoms with van der Waals surface area (Å²) in [4.78, 5) is 9.64. The molecule has 0 saturated heterocycles. The van der Waals surface area contributed by atoms with Gasteiger partial charge in [-0.2, -0.15) is 0 Å². The van der Waals surface area contributed by atoms with Gasteiger partial charge in [0.05, 0.1) is 0 Å². The van der Waals surface area contributed by atoms with Crippen molar-refractivity contribution in [1.29, 1.82) is 0 Å². The van der Waals surface area contributed by atoms with Crippen LogP contribution in [0.2, 0.25) is 0 Å². The molecule has 1 aliphatic rings. The Morgan fingerprint density at radius 1 is 1.00 bits per heavy atom. The molecule has 0 radical (unpaired) electrons.